The smallest absolute Gasteiger partial charge is 0.0253 e. The third-order valence-electron chi connectivity index (χ3n) is 2.90. The third-order valence-corrected chi connectivity index (χ3v) is 3.59. The monoisotopic (exact) mass is 289 g/mol. The fourth-order valence-corrected chi connectivity index (χ4v) is 2.46. The van der Waals surface area contributed by atoms with Gasteiger partial charge in [0.2, 0.25) is 0 Å². The lowest BCUT2D eigenvalue weighted by atomic mass is 9.97. The summed E-state index contributed by atoms with van der Waals surface area (Å²) in [6.07, 6.45) is 0.928. The largest absolute Gasteiger partial charge is 0.330 e. The Morgan fingerprint density at radius 2 is 1.82 bits per heavy atom. The van der Waals surface area contributed by atoms with Crippen LogP contribution in [0.15, 0.2) is 46.9 Å². The highest BCUT2D eigenvalue weighted by Crippen LogP contribution is 2.31. The maximum Gasteiger partial charge on any atom is 0.0253 e. The molecule has 0 radical (unpaired) electrons. The van der Waals surface area contributed by atoms with Crippen molar-refractivity contribution in [1.82, 2.24) is 0 Å². The van der Waals surface area contributed by atoms with E-state index in [2.05, 4.69) is 59.3 Å². The summed E-state index contributed by atoms with van der Waals surface area (Å²) in [5, 5.41) is 0. The molecular formula is C15H16BrN. The highest BCUT2D eigenvalue weighted by Gasteiger charge is 2.06. The molecule has 0 fully saturated rings. The summed E-state index contributed by atoms with van der Waals surface area (Å²) in [5.41, 5.74) is 10.7. The van der Waals surface area contributed by atoms with Gasteiger partial charge in [-0.3, -0.25) is 0 Å². The van der Waals surface area contributed by atoms with Gasteiger partial charge in [-0.15, -0.1) is 0 Å². The molecule has 88 valence electrons. The van der Waals surface area contributed by atoms with Crippen LogP contribution in [0, 0.1) is 6.92 Å². The first kappa shape index (κ1) is 12.3. The molecule has 0 spiro atoms. The molecule has 0 unspecified atom stereocenters. The predicted octanol–water partition coefficient (Wildman–Crippen LogP) is 3.93. The van der Waals surface area contributed by atoms with E-state index < -0.39 is 0 Å². The zero-order valence-electron chi connectivity index (χ0n) is 9.91. The Morgan fingerprint density at radius 3 is 2.53 bits per heavy atom. The summed E-state index contributed by atoms with van der Waals surface area (Å²) in [6, 6.07) is 14.9. The maximum absolute atomic E-state index is 5.61. The Morgan fingerprint density at radius 1 is 1.06 bits per heavy atom. The number of hydrogen-bond donors (Lipinski definition) is 1. The van der Waals surface area contributed by atoms with Crippen LogP contribution in [0.4, 0.5) is 0 Å². The Kier molecular flexibility index (Phi) is 3.97. The van der Waals surface area contributed by atoms with Crippen LogP contribution in [-0.2, 0) is 6.42 Å². The minimum atomic E-state index is 0.693. The lowest BCUT2D eigenvalue weighted by Gasteiger charge is -2.10. The van der Waals surface area contributed by atoms with Crippen LogP contribution in [0.2, 0.25) is 0 Å². The molecule has 0 heterocycles. The first-order valence-corrected chi connectivity index (χ1v) is 6.56. The molecule has 0 aromatic heterocycles. The van der Waals surface area contributed by atoms with E-state index in [1.54, 1.807) is 0 Å². The number of aryl methyl sites for hydroxylation is 1. The molecule has 1 nitrogen and oxygen atoms in total. The minimum absolute atomic E-state index is 0.693. The highest BCUT2D eigenvalue weighted by molar-refractivity contribution is 9.10. The normalized spacial score (nSPS) is 10.5. The van der Waals surface area contributed by atoms with E-state index in [0.717, 1.165) is 10.9 Å². The van der Waals surface area contributed by atoms with Crippen molar-refractivity contribution in [3.05, 3.63) is 58.1 Å². The van der Waals surface area contributed by atoms with Gasteiger partial charge in [-0.2, -0.15) is 0 Å². The molecule has 0 saturated carbocycles. The topological polar surface area (TPSA) is 26.0 Å². The molecule has 0 amide bonds. The number of benzene rings is 2. The Hall–Kier alpha value is -1.12. The predicted molar refractivity (Wildman–Crippen MR) is 77.1 cm³/mol. The van der Waals surface area contributed by atoms with Gasteiger partial charge in [-0.1, -0.05) is 52.3 Å². The van der Waals surface area contributed by atoms with Gasteiger partial charge in [0.15, 0.2) is 0 Å². The molecule has 0 aliphatic carbocycles. The number of nitrogens with two attached hydrogens (primary N) is 1. The highest BCUT2D eigenvalue weighted by atomic mass is 79.9. The van der Waals surface area contributed by atoms with Gasteiger partial charge in [-0.05, 0) is 48.2 Å². The Labute approximate surface area is 111 Å². The molecule has 0 saturated heterocycles. The second-order valence-electron chi connectivity index (χ2n) is 4.17. The second kappa shape index (κ2) is 5.48. The summed E-state index contributed by atoms with van der Waals surface area (Å²) in [4.78, 5) is 0. The van der Waals surface area contributed by atoms with Gasteiger partial charge in [0.25, 0.3) is 0 Å². The Bertz CT molecular complexity index is 520. The standard InChI is InChI=1S/C15H16BrN/c1-11-6-7-12(8-9-17)10-14(11)13-4-2-3-5-15(13)16/h2-7,10H,8-9,17H2,1H3. The average molecular weight is 290 g/mol. The first-order chi connectivity index (χ1) is 8.22. The van der Waals surface area contributed by atoms with Gasteiger partial charge in [0, 0.05) is 4.47 Å². The molecule has 2 aromatic rings. The van der Waals surface area contributed by atoms with E-state index in [0.29, 0.717) is 6.54 Å². The summed E-state index contributed by atoms with van der Waals surface area (Å²) >= 11 is 3.61. The van der Waals surface area contributed by atoms with Crippen molar-refractivity contribution >= 4 is 15.9 Å². The molecular weight excluding hydrogens is 274 g/mol. The van der Waals surface area contributed by atoms with Gasteiger partial charge < -0.3 is 5.73 Å². The van der Waals surface area contributed by atoms with Crippen molar-refractivity contribution < 1.29 is 0 Å². The molecule has 17 heavy (non-hydrogen) atoms. The van der Waals surface area contributed by atoms with Gasteiger partial charge >= 0.3 is 0 Å². The van der Waals surface area contributed by atoms with Crippen molar-refractivity contribution in [3.63, 3.8) is 0 Å². The van der Waals surface area contributed by atoms with Crippen LogP contribution in [-0.4, -0.2) is 6.54 Å². The molecule has 0 aliphatic rings. The van der Waals surface area contributed by atoms with Crippen LogP contribution >= 0.6 is 15.9 Å². The SMILES string of the molecule is Cc1ccc(CCN)cc1-c1ccccc1Br. The van der Waals surface area contributed by atoms with E-state index in [1.807, 2.05) is 6.07 Å². The lowest BCUT2D eigenvalue weighted by molar-refractivity contribution is 0.968. The van der Waals surface area contributed by atoms with E-state index in [-0.39, 0.29) is 0 Å². The minimum Gasteiger partial charge on any atom is -0.330 e. The zero-order valence-corrected chi connectivity index (χ0v) is 11.5. The van der Waals surface area contributed by atoms with Crippen molar-refractivity contribution in [2.75, 3.05) is 6.54 Å². The van der Waals surface area contributed by atoms with Crippen LogP contribution in [0.1, 0.15) is 11.1 Å². The molecule has 0 bridgehead atoms. The van der Waals surface area contributed by atoms with E-state index in [4.69, 9.17) is 5.73 Å². The van der Waals surface area contributed by atoms with Crippen LogP contribution < -0.4 is 5.73 Å². The molecule has 0 aliphatic heterocycles. The molecule has 0 atom stereocenters. The van der Waals surface area contributed by atoms with Gasteiger partial charge in [-0.25, -0.2) is 0 Å². The van der Waals surface area contributed by atoms with Crippen molar-refractivity contribution in [2.24, 2.45) is 5.73 Å². The summed E-state index contributed by atoms with van der Waals surface area (Å²) < 4.78 is 1.13. The number of rotatable bonds is 3. The van der Waals surface area contributed by atoms with Gasteiger partial charge in [0.1, 0.15) is 0 Å². The summed E-state index contributed by atoms with van der Waals surface area (Å²) in [6.45, 7) is 2.83. The molecule has 2 N–H and O–H groups in total. The molecule has 2 heteroatoms. The van der Waals surface area contributed by atoms with E-state index >= 15 is 0 Å². The lowest BCUT2D eigenvalue weighted by Crippen LogP contribution is -2.02. The average Bonchev–Trinajstić information content (AvgIpc) is 2.33. The third kappa shape index (κ3) is 2.76. The number of halogens is 1. The van der Waals surface area contributed by atoms with Crippen LogP contribution in [0.3, 0.4) is 0 Å². The maximum atomic E-state index is 5.61. The van der Waals surface area contributed by atoms with E-state index in [9.17, 15) is 0 Å². The fraction of sp³-hybridized carbons (Fsp3) is 0.200. The molecule has 2 aromatic carbocycles. The van der Waals surface area contributed by atoms with Crippen LogP contribution in [0.25, 0.3) is 11.1 Å². The Balaban J connectivity index is 2.51. The first-order valence-electron chi connectivity index (χ1n) is 5.77. The van der Waals surface area contributed by atoms with Gasteiger partial charge in [0.05, 0.1) is 0 Å². The van der Waals surface area contributed by atoms with E-state index in [1.165, 1.54) is 22.3 Å². The van der Waals surface area contributed by atoms with Crippen LogP contribution in [0.5, 0.6) is 0 Å². The number of hydrogen-bond acceptors (Lipinski definition) is 1. The van der Waals surface area contributed by atoms with Crippen molar-refractivity contribution in [1.29, 1.82) is 0 Å². The fourth-order valence-electron chi connectivity index (χ4n) is 1.96. The quantitative estimate of drug-likeness (QED) is 0.910. The zero-order chi connectivity index (χ0) is 12.3. The summed E-state index contributed by atoms with van der Waals surface area (Å²) in [5.74, 6) is 0. The summed E-state index contributed by atoms with van der Waals surface area (Å²) in [7, 11) is 0. The van der Waals surface area contributed by atoms with Crippen molar-refractivity contribution in [2.45, 2.75) is 13.3 Å². The second-order valence-corrected chi connectivity index (χ2v) is 5.02. The molecule has 2 rings (SSSR count). The van der Waals surface area contributed by atoms with Crippen molar-refractivity contribution in [3.8, 4) is 11.1 Å².